The molecule has 0 spiro atoms. The van der Waals surface area contributed by atoms with Crippen LogP contribution in [-0.2, 0) is 0 Å². The number of piperidine rings is 1. The monoisotopic (exact) mass is 514 g/mol. The van der Waals surface area contributed by atoms with E-state index in [9.17, 15) is 0 Å². The number of likely N-dealkylation sites (tertiary alicyclic amines) is 1. The van der Waals surface area contributed by atoms with E-state index in [-0.39, 0.29) is 0 Å². The van der Waals surface area contributed by atoms with Crippen LogP contribution in [0.5, 0.6) is 5.75 Å². The highest BCUT2D eigenvalue weighted by Crippen LogP contribution is 2.35. The first-order valence-corrected chi connectivity index (χ1v) is 14.2. The second-order valence-electron chi connectivity index (χ2n) is 11.2. The van der Waals surface area contributed by atoms with Gasteiger partial charge in [0.05, 0.1) is 12.8 Å². The minimum atomic E-state index is 0.382. The predicted molar refractivity (Wildman–Crippen MR) is 155 cm³/mol. The van der Waals surface area contributed by atoms with Gasteiger partial charge in [-0.15, -0.1) is 0 Å². The van der Waals surface area contributed by atoms with Crippen molar-refractivity contribution in [3.05, 3.63) is 60.6 Å². The zero-order valence-corrected chi connectivity index (χ0v) is 23.2. The van der Waals surface area contributed by atoms with Crippen molar-refractivity contribution in [1.29, 1.82) is 0 Å². The number of benzene rings is 1. The Hall–Kier alpha value is -3.19. The molecule has 2 aliphatic rings. The minimum absolute atomic E-state index is 0.382. The summed E-state index contributed by atoms with van der Waals surface area (Å²) in [5.41, 5.74) is 3.13. The van der Waals surface area contributed by atoms with Gasteiger partial charge in [0.1, 0.15) is 23.7 Å². The second kappa shape index (κ2) is 12.1. The summed E-state index contributed by atoms with van der Waals surface area (Å²) in [5, 5.41) is 7.16. The van der Waals surface area contributed by atoms with Crippen LogP contribution in [0.4, 0.5) is 11.6 Å². The van der Waals surface area contributed by atoms with Crippen molar-refractivity contribution in [3.63, 3.8) is 0 Å². The van der Waals surface area contributed by atoms with Gasteiger partial charge in [-0.05, 0) is 67.2 Å². The van der Waals surface area contributed by atoms with Crippen LogP contribution in [-0.4, -0.2) is 58.7 Å². The van der Waals surface area contributed by atoms with Crippen molar-refractivity contribution in [2.75, 3.05) is 37.4 Å². The number of hydrogen-bond donors (Lipinski definition) is 2. The molecule has 7 nitrogen and oxygen atoms in total. The number of hydrogen-bond acceptors (Lipinski definition) is 7. The lowest BCUT2D eigenvalue weighted by atomic mass is 9.80. The summed E-state index contributed by atoms with van der Waals surface area (Å²) in [5.74, 6) is 4.03. The molecule has 2 fully saturated rings. The molecule has 2 aromatic heterocycles. The molecule has 0 amide bonds. The molecule has 3 atom stereocenters. The molecule has 38 heavy (non-hydrogen) atoms. The largest absolute Gasteiger partial charge is 0.496 e. The second-order valence-corrected chi connectivity index (χ2v) is 11.2. The minimum Gasteiger partial charge on any atom is -0.496 e. The quantitative estimate of drug-likeness (QED) is 0.321. The summed E-state index contributed by atoms with van der Waals surface area (Å²) in [4.78, 5) is 16.3. The Morgan fingerprint density at radius 2 is 1.74 bits per heavy atom. The maximum Gasteiger partial charge on any atom is 0.129 e. The van der Waals surface area contributed by atoms with Crippen molar-refractivity contribution in [1.82, 2.24) is 19.9 Å². The van der Waals surface area contributed by atoms with Gasteiger partial charge in [0.15, 0.2) is 0 Å². The molecule has 5 rings (SSSR count). The Balaban J connectivity index is 1.14. The molecule has 202 valence electrons. The Bertz CT molecular complexity index is 1170. The smallest absolute Gasteiger partial charge is 0.129 e. The highest BCUT2D eigenvalue weighted by atomic mass is 16.5. The van der Waals surface area contributed by atoms with Gasteiger partial charge in [0.2, 0.25) is 0 Å². The zero-order valence-electron chi connectivity index (χ0n) is 23.2. The van der Waals surface area contributed by atoms with E-state index >= 15 is 0 Å². The topological polar surface area (TPSA) is 75.2 Å². The summed E-state index contributed by atoms with van der Waals surface area (Å²) in [6.07, 6.45) is 8.70. The van der Waals surface area contributed by atoms with Gasteiger partial charge in [0, 0.05) is 49.5 Å². The van der Waals surface area contributed by atoms with E-state index in [2.05, 4.69) is 75.5 Å². The number of anilines is 2. The summed E-state index contributed by atoms with van der Waals surface area (Å²) >= 11 is 0. The molecule has 1 aliphatic heterocycles. The highest BCUT2D eigenvalue weighted by molar-refractivity contribution is 5.62. The molecule has 3 heterocycles. The van der Waals surface area contributed by atoms with Crippen molar-refractivity contribution in [2.45, 2.75) is 64.5 Å². The Morgan fingerprint density at radius 1 is 0.947 bits per heavy atom. The third kappa shape index (κ3) is 6.44. The lowest BCUT2D eigenvalue weighted by molar-refractivity contribution is 0.210. The van der Waals surface area contributed by atoms with Crippen LogP contribution >= 0.6 is 0 Å². The number of nitrogens with zero attached hydrogens (tertiary/aromatic N) is 4. The normalized spacial score (nSPS) is 18.9. The summed E-state index contributed by atoms with van der Waals surface area (Å²) in [7, 11) is 1.74. The Labute approximate surface area is 227 Å². The SMILES string of the molecule is COc1ccccc1C(C)[C@H](C)C(C)CNc1cc(-c2ccc(NC3CCN(C4CC4)CC3)nc2)ncn1. The van der Waals surface area contributed by atoms with E-state index in [0.29, 0.717) is 23.8 Å². The van der Waals surface area contributed by atoms with E-state index in [1.165, 1.54) is 44.3 Å². The van der Waals surface area contributed by atoms with Crippen LogP contribution < -0.4 is 15.4 Å². The maximum atomic E-state index is 5.60. The fourth-order valence-corrected chi connectivity index (χ4v) is 5.57. The number of para-hydroxylation sites is 1. The molecule has 2 N–H and O–H groups in total. The number of nitrogens with one attached hydrogen (secondary N) is 2. The fraction of sp³-hybridized carbons (Fsp3) is 0.516. The molecule has 1 aromatic carbocycles. The molecule has 3 aromatic rings. The standard InChI is InChI=1S/C31H42N6O/c1-21(22(2)23(3)27-7-5-6-8-29(27)38-4)18-32-31-17-28(34-20-35-31)24-9-12-30(33-19-24)36-25-13-15-37(16-14-25)26-10-11-26/h5-9,12,17,19-23,25-26H,10-11,13-16,18H2,1-4H3,(H,33,36)(H,32,34,35)/t21?,22-,23?/m1/s1. The molecular weight excluding hydrogens is 472 g/mol. The predicted octanol–water partition coefficient (Wildman–Crippen LogP) is 6.07. The number of ether oxygens (including phenoxy) is 1. The van der Waals surface area contributed by atoms with Gasteiger partial charge in [-0.25, -0.2) is 15.0 Å². The third-order valence-corrected chi connectivity index (χ3v) is 8.59. The number of rotatable bonds is 11. The third-order valence-electron chi connectivity index (χ3n) is 8.59. The first-order chi connectivity index (χ1) is 18.5. The molecule has 1 saturated heterocycles. The van der Waals surface area contributed by atoms with Crippen molar-refractivity contribution in [2.24, 2.45) is 11.8 Å². The summed E-state index contributed by atoms with van der Waals surface area (Å²) < 4.78 is 5.60. The first-order valence-electron chi connectivity index (χ1n) is 14.2. The van der Waals surface area contributed by atoms with Gasteiger partial charge in [-0.2, -0.15) is 0 Å². The van der Waals surface area contributed by atoms with Crippen LogP contribution in [0.2, 0.25) is 0 Å². The van der Waals surface area contributed by atoms with Crippen LogP contribution in [0.15, 0.2) is 55.0 Å². The summed E-state index contributed by atoms with van der Waals surface area (Å²) in [6, 6.07) is 15.9. The Kier molecular flexibility index (Phi) is 8.42. The van der Waals surface area contributed by atoms with Crippen LogP contribution in [0, 0.1) is 11.8 Å². The number of pyridine rings is 1. The molecular formula is C31H42N6O. The molecule has 2 unspecified atom stereocenters. The van der Waals surface area contributed by atoms with Crippen LogP contribution in [0.3, 0.4) is 0 Å². The lowest BCUT2D eigenvalue weighted by Gasteiger charge is -2.32. The molecule has 1 aliphatic carbocycles. The zero-order chi connectivity index (χ0) is 26.5. The lowest BCUT2D eigenvalue weighted by Crippen LogP contribution is -2.40. The summed E-state index contributed by atoms with van der Waals surface area (Å²) in [6.45, 7) is 10.1. The van der Waals surface area contributed by atoms with E-state index in [1.54, 1.807) is 13.4 Å². The Morgan fingerprint density at radius 3 is 2.45 bits per heavy atom. The van der Waals surface area contributed by atoms with E-state index in [4.69, 9.17) is 4.74 Å². The number of methoxy groups -OCH3 is 1. The van der Waals surface area contributed by atoms with Gasteiger partial charge in [-0.1, -0.05) is 39.0 Å². The van der Waals surface area contributed by atoms with Gasteiger partial charge in [0.25, 0.3) is 0 Å². The highest BCUT2D eigenvalue weighted by Gasteiger charge is 2.31. The molecule has 7 heteroatoms. The maximum absolute atomic E-state index is 5.60. The average Bonchev–Trinajstić information content (AvgIpc) is 3.82. The van der Waals surface area contributed by atoms with Crippen molar-refractivity contribution < 1.29 is 4.74 Å². The van der Waals surface area contributed by atoms with Crippen LogP contribution in [0.1, 0.15) is 57.9 Å². The fourth-order valence-electron chi connectivity index (χ4n) is 5.57. The van der Waals surface area contributed by atoms with Crippen molar-refractivity contribution >= 4 is 11.6 Å². The molecule has 0 bridgehead atoms. The van der Waals surface area contributed by atoms with Crippen molar-refractivity contribution in [3.8, 4) is 17.0 Å². The van der Waals surface area contributed by atoms with Gasteiger partial charge < -0.3 is 20.3 Å². The molecule has 1 saturated carbocycles. The molecule has 0 radical (unpaired) electrons. The number of aromatic nitrogens is 3. The van der Waals surface area contributed by atoms with Crippen LogP contribution in [0.25, 0.3) is 11.3 Å². The van der Waals surface area contributed by atoms with E-state index in [1.807, 2.05) is 24.4 Å². The van der Waals surface area contributed by atoms with Gasteiger partial charge in [-0.3, -0.25) is 0 Å². The average molecular weight is 515 g/mol. The van der Waals surface area contributed by atoms with E-state index in [0.717, 1.165) is 41.2 Å². The van der Waals surface area contributed by atoms with E-state index < -0.39 is 0 Å². The first kappa shape index (κ1) is 26.4. The van der Waals surface area contributed by atoms with Gasteiger partial charge >= 0.3 is 0 Å².